The molecule has 0 saturated carbocycles. The zero-order valence-electron chi connectivity index (χ0n) is 24.8. The third-order valence-corrected chi connectivity index (χ3v) is 9.09. The number of benzene rings is 8. The average Bonchev–Trinajstić information content (AvgIpc) is 3.09. The first-order valence-corrected chi connectivity index (χ1v) is 15.4. The normalized spacial score (nSPS) is 11.7. The van der Waals surface area contributed by atoms with Crippen LogP contribution in [0.4, 0.5) is 0 Å². The van der Waals surface area contributed by atoms with Crippen LogP contribution >= 0.6 is 0 Å². The maximum atomic E-state index is 5.02. The summed E-state index contributed by atoms with van der Waals surface area (Å²) in [5.74, 6) is 0. The van der Waals surface area contributed by atoms with E-state index in [1.54, 1.807) is 0 Å². The Morgan fingerprint density at radius 1 is 0.400 bits per heavy atom. The highest BCUT2D eigenvalue weighted by molar-refractivity contribution is 6.22. The van der Waals surface area contributed by atoms with Crippen molar-refractivity contribution >= 4 is 54.1 Å². The van der Waals surface area contributed by atoms with Gasteiger partial charge < -0.3 is 0 Å². The molecule has 0 fully saturated rings. The molecule has 9 rings (SSSR count). The fourth-order valence-corrected chi connectivity index (χ4v) is 6.91. The lowest BCUT2D eigenvalue weighted by Crippen LogP contribution is -1.94. The smallest absolute Gasteiger partial charge is 0.0894 e. The minimum Gasteiger partial charge on any atom is -0.252 e. The predicted octanol–water partition coefficient (Wildman–Crippen LogP) is 11.6. The first-order chi connectivity index (χ1) is 22.2. The van der Waals surface area contributed by atoms with Crippen LogP contribution in [-0.4, -0.2) is 9.97 Å². The molecule has 1 aromatic heterocycles. The molecule has 9 aromatic rings. The summed E-state index contributed by atoms with van der Waals surface area (Å²) >= 11 is 0. The third-order valence-electron chi connectivity index (χ3n) is 9.09. The largest absolute Gasteiger partial charge is 0.252 e. The summed E-state index contributed by atoms with van der Waals surface area (Å²) < 4.78 is 0. The van der Waals surface area contributed by atoms with Crippen molar-refractivity contribution in [2.75, 3.05) is 0 Å². The molecule has 210 valence electrons. The Labute approximate surface area is 261 Å². The van der Waals surface area contributed by atoms with Crippen molar-refractivity contribution in [1.82, 2.24) is 9.97 Å². The summed E-state index contributed by atoms with van der Waals surface area (Å²) in [6, 6.07) is 52.7. The summed E-state index contributed by atoms with van der Waals surface area (Å²) in [5, 5.41) is 9.90. The van der Waals surface area contributed by atoms with E-state index >= 15 is 0 Å². The summed E-state index contributed by atoms with van der Waals surface area (Å²) in [4.78, 5) is 9.77. The maximum Gasteiger partial charge on any atom is 0.0894 e. The van der Waals surface area contributed by atoms with Crippen LogP contribution in [-0.2, 0) is 0 Å². The number of aromatic nitrogens is 2. The first-order valence-electron chi connectivity index (χ1n) is 15.4. The van der Waals surface area contributed by atoms with Gasteiger partial charge >= 0.3 is 0 Å². The van der Waals surface area contributed by atoms with E-state index in [1.165, 1.54) is 70.9 Å². The quantitative estimate of drug-likeness (QED) is 0.197. The van der Waals surface area contributed by atoms with Gasteiger partial charge in [0.1, 0.15) is 0 Å². The van der Waals surface area contributed by atoms with E-state index in [1.807, 2.05) is 30.5 Å². The van der Waals surface area contributed by atoms with Gasteiger partial charge in [-0.1, -0.05) is 121 Å². The van der Waals surface area contributed by atoms with Gasteiger partial charge in [0.15, 0.2) is 0 Å². The molecule has 0 aliphatic carbocycles. The fourth-order valence-electron chi connectivity index (χ4n) is 6.91. The summed E-state index contributed by atoms with van der Waals surface area (Å²) in [6.45, 7) is 2.19. The van der Waals surface area contributed by atoms with Crippen molar-refractivity contribution in [2.45, 2.75) is 6.92 Å². The fraction of sp³-hybridized carbons (Fsp3) is 0.0233. The molecule has 2 heteroatoms. The van der Waals surface area contributed by atoms with Crippen LogP contribution in [0.5, 0.6) is 0 Å². The van der Waals surface area contributed by atoms with E-state index in [9.17, 15) is 0 Å². The molecule has 1 heterocycles. The van der Waals surface area contributed by atoms with Gasteiger partial charge in [0.05, 0.1) is 22.9 Å². The topological polar surface area (TPSA) is 25.8 Å². The van der Waals surface area contributed by atoms with E-state index in [0.717, 1.165) is 22.3 Å². The molecule has 0 saturated heterocycles. The highest BCUT2D eigenvalue weighted by Gasteiger charge is 2.19. The number of fused-ring (bicyclic) bond motifs is 5. The molecule has 0 radical (unpaired) electrons. The molecular formula is C43H28N2. The van der Waals surface area contributed by atoms with Gasteiger partial charge in [0, 0.05) is 5.56 Å². The highest BCUT2D eigenvalue weighted by atomic mass is 14.8. The van der Waals surface area contributed by atoms with E-state index < -0.39 is 0 Å². The molecule has 0 amide bonds. The molecule has 0 aliphatic heterocycles. The van der Waals surface area contributed by atoms with Crippen LogP contribution in [0, 0.1) is 6.92 Å². The Morgan fingerprint density at radius 3 is 1.60 bits per heavy atom. The monoisotopic (exact) mass is 572 g/mol. The Hall–Kier alpha value is -5.86. The third kappa shape index (κ3) is 4.26. The number of para-hydroxylation sites is 2. The average molecular weight is 573 g/mol. The standard InChI is InChI=1S/C43H28N2/c1-27-14-20-35-37(22-27)42(33-17-15-28-8-2-4-10-30(28)23-33)36-21-19-32(41-26-44-39-12-6-7-13-40(39)45-41)25-38(36)43(35)34-18-16-29-9-3-5-11-31(29)24-34/h2-26H,1H3. The highest BCUT2D eigenvalue weighted by Crippen LogP contribution is 2.46. The van der Waals surface area contributed by atoms with Gasteiger partial charge in [-0.15, -0.1) is 0 Å². The molecule has 0 spiro atoms. The molecule has 0 unspecified atom stereocenters. The maximum absolute atomic E-state index is 5.02. The van der Waals surface area contributed by atoms with Crippen LogP contribution < -0.4 is 0 Å². The number of nitrogens with zero attached hydrogens (tertiary/aromatic N) is 2. The number of aryl methyl sites for hydroxylation is 1. The van der Waals surface area contributed by atoms with Gasteiger partial charge in [0.25, 0.3) is 0 Å². The van der Waals surface area contributed by atoms with Crippen molar-refractivity contribution in [2.24, 2.45) is 0 Å². The van der Waals surface area contributed by atoms with Gasteiger partial charge in [-0.2, -0.15) is 0 Å². The molecule has 8 aromatic carbocycles. The van der Waals surface area contributed by atoms with Gasteiger partial charge in [0.2, 0.25) is 0 Å². The molecule has 0 aliphatic rings. The molecule has 45 heavy (non-hydrogen) atoms. The van der Waals surface area contributed by atoms with E-state index in [0.29, 0.717) is 0 Å². The van der Waals surface area contributed by atoms with Crippen LogP contribution in [0.1, 0.15) is 5.56 Å². The summed E-state index contributed by atoms with van der Waals surface area (Å²) in [6.07, 6.45) is 1.90. The summed E-state index contributed by atoms with van der Waals surface area (Å²) in [5.41, 5.74) is 9.90. The van der Waals surface area contributed by atoms with E-state index in [4.69, 9.17) is 9.97 Å². The second-order valence-electron chi connectivity index (χ2n) is 11.9. The molecule has 2 nitrogen and oxygen atoms in total. The molecule has 0 N–H and O–H groups in total. The lowest BCUT2D eigenvalue weighted by Gasteiger charge is -2.19. The zero-order chi connectivity index (χ0) is 29.9. The van der Waals surface area contributed by atoms with Gasteiger partial charge in [-0.3, -0.25) is 4.98 Å². The van der Waals surface area contributed by atoms with Crippen LogP contribution in [0.25, 0.3) is 87.6 Å². The van der Waals surface area contributed by atoms with Crippen LogP contribution in [0.15, 0.2) is 152 Å². The first kappa shape index (κ1) is 25.6. The predicted molar refractivity (Wildman–Crippen MR) is 191 cm³/mol. The minimum absolute atomic E-state index is 0.872. The van der Waals surface area contributed by atoms with Crippen molar-refractivity contribution < 1.29 is 0 Å². The van der Waals surface area contributed by atoms with E-state index in [-0.39, 0.29) is 0 Å². The van der Waals surface area contributed by atoms with Gasteiger partial charge in [-0.25, -0.2) is 4.98 Å². The second-order valence-corrected chi connectivity index (χ2v) is 11.9. The Morgan fingerprint density at radius 2 is 0.933 bits per heavy atom. The number of rotatable bonds is 3. The molecule has 0 bridgehead atoms. The minimum atomic E-state index is 0.872. The Bertz CT molecular complexity index is 2610. The van der Waals surface area contributed by atoms with Crippen molar-refractivity contribution in [3.05, 3.63) is 157 Å². The van der Waals surface area contributed by atoms with E-state index in [2.05, 4.69) is 128 Å². The molecule has 0 atom stereocenters. The van der Waals surface area contributed by atoms with Crippen LogP contribution in [0.2, 0.25) is 0 Å². The zero-order valence-corrected chi connectivity index (χ0v) is 24.8. The van der Waals surface area contributed by atoms with Crippen LogP contribution in [0.3, 0.4) is 0 Å². The number of hydrogen-bond donors (Lipinski definition) is 0. The van der Waals surface area contributed by atoms with Crippen molar-refractivity contribution in [1.29, 1.82) is 0 Å². The lowest BCUT2D eigenvalue weighted by atomic mass is 9.84. The lowest BCUT2D eigenvalue weighted by molar-refractivity contribution is 1.29. The van der Waals surface area contributed by atoms with Gasteiger partial charge in [-0.05, 0) is 103 Å². The molecular weight excluding hydrogens is 544 g/mol. The number of hydrogen-bond acceptors (Lipinski definition) is 2. The SMILES string of the molecule is Cc1ccc2c(-c3ccc4ccccc4c3)c3cc(-c4cnc5ccccc5n4)ccc3c(-c3ccc4ccccc4c3)c2c1. The Kier molecular flexibility index (Phi) is 5.76. The van der Waals surface area contributed by atoms with Crippen molar-refractivity contribution in [3.8, 4) is 33.5 Å². The Balaban J connectivity index is 1.41. The second kappa shape index (κ2) is 10.1. The summed E-state index contributed by atoms with van der Waals surface area (Å²) in [7, 11) is 0. The van der Waals surface area contributed by atoms with Crippen molar-refractivity contribution in [3.63, 3.8) is 0 Å².